The van der Waals surface area contributed by atoms with Gasteiger partial charge in [0.1, 0.15) is 34.4 Å². The molecule has 0 bridgehead atoms. The fourth-order valence-corrected chi connectivity index (χ4v) is 5.18. The number of aromatic nitrogens is 2. The van der Waals surface area contributed by atoms with Crippen LogP contribution in [0.5, 0.6) is 17.4 Å². The number of carbonyl (C=O) groups excluding carboxylic acids is 1. The van der Waals surface area contributed by atoms with E-state index in [9.17, 15) is 23.3 Å². The van der Waals surface area contributed by atoms with Crippen molar-refractivity contribution >= 4 is 27.5 Å². The number of hydrogen-bond acceptors (Lipinski definition) is 8. The van der Waals surface area contributed by atoms with Crippen molar-refractivity contribution in [2.24, 2.45) is 0 Å². The molecule has 34 heavy (non-hydrogen) atoms. The molecule has 2 aromatic heterocycles. The van der Waals surface area contributed by atoms with Gasteiger partial charge in [0.25, 0.3) is 11.5 Å². The van der Waals surface area contributed by atoms with Gasteiger partial charge in [-0.05, 0) is 48.9 Å². The SMILES string of the molecule is COc1ccc(Oc2nc3ccccn3c(=O)c2C=C(C#N)C(=O)NC2CCS(=O)(=O)C2)cc1. The molecule has 1 aliphatic heterocycles. The Balaban J connectivity index is 1.74. The predicted molar refractivity (Wildman–Crippen MR) is 123 cm³/mol. The zero-order valence-electron chi connectivity index (χ0n) is 18.1. The molecule has 1 N–H and O–H groups in total. The Kier molecular flexibility index (Phi) is 6.34. The monoisotopic (exact) mass is 480 g/mol. The molecule has 1 aliphatic rings. The number of sulfone groups is 1. The van der Waals surface area contributed by atoms with E-state index in [1.165, 1.54) is 17.7 Å². The van der Waals surface area contributed by atoms with Crippen LogP contribution in [0.15, 0.2) is 59.0 Å². The molecule has 1 atom stereocenters. The average Bonchev–Trinajstić information content (AvgIpc) is 3.17. The predicted octanol–water partition coefficient (Wildman–Crippen LogP) is 1.71. The lowest BCUT2D eigenvalue weighted by Gasteiger charge is -2.12. The minimum atomic E-state index is -3.22. The summed E-state index contributed by atoms with van der Waals surface area (Å²) in [6.45, 7) is 0. The topological polar surface area (TPSA) is 140 Å². The van der Waals surface area contributed by atoms with E-state index in [0.717, 1.165) is 6.08 Å². The molecule has 11 heteroatoms. The quantitative estimate of drug-likeness (QED) is 0.415. The summed E-state index contributed by atoms with van der Waals surface area (Å²) in [7, 11) is -1.69. The highest BCUT2D eigenvalue weighted by Crippen LogP contribution is 2.26. The van der Waals surface area contributed by atoms with Crippen LogP contribution in [0.2, 0.25) is 0 Å². The maximum atomic E-state index is 13.2. The number of nitrogens with zero attached hydrogens (tertiary/aromatic N) is 3. The summed E-state index contributed by atoms with van der Waals surface area (Å²) in [4.78, 5) is 30.3. The summed E-state index contributed by atoms with van der Waals surface area (Å²) in [6.07, 6.45) is 2.87. The van der Waals surface area contributed by atoms with E-state index in [1.54, 1.807) is 48.5 Å². The summed E-state index contributed by atoms with van der Waals surface area (Å²) >= 11 is 0. The van der Waals surface area contributed by atoms with Gasteiger partial charge in [-0.2, -0.15) is 10.2 Å². The Morgan fingerprint density at radius 1 is 1.24 bits per heavy atom. The average molecular weight is 481 g/mol. The van der Waals surface area contributed by atoms with Gasteiger partial charge >= 0.3 is 0 Å². The van der Waals surface area contributed by atoms with Gasteiger partial charge in [0.05, 0.1) is 18.6 Å². The molecule has 4 rings (SSSR count). The maximum absolute atomic E-state index is 13.2. The van der Waals surface area contributed by atoms with Crippen molar-refractivity contribution < 1.29 is 22.7 Å². The first-order valence-electron chi connectivity index (χ1n) is 10.3. The van der Waals surface area contributed by atoms with Crippen molar-refractivity contribution in [1.82, 2.24) is 14.7 Å². The van der Waals surface area contributed by atoms with Crippen LogP contribution in [0.25, 0.3) is 11.7 Å². The lowest BCUT2D eigenvalue weighted by atomic mass is 10.1. The van der Waals surface area contributed by atoms with Crippen LogP contribution in [-0.4, -0.2) is 48.4 Å². The number of amides is 1. The molecule has 1 fully saturated rings. The number of carbonyl (C=O) groups is 1. The van der Waals surface area contributed by atoms with E-state index in [0.29, 0.717) is 17.1 Å². The van der Waals surface area contributed by atoms with Crippen LogP contribution in [0, 0.1) is 11.3 Å². The number of methoxy groups -OCH3 is 1. The normalized spacial score (nSPS) is 17.2. The molecule has 1 amide bonds. The third-order valence-electron chi connectivity index (χ3n) is 5.23. The van der Waals surface area contributed by atoms with E-state index >= 15 is 0 Å². The van der Waals surface area contributed by atoms with E-state index in [2.05, 4.69) is 10.3 Å². The smallest absolute Gasteiger partial charge is 0.269 e. The molecule has 1 saturated heterocycles. The molecule has 174 valence electrons. The minimum Gasteiger partial charge on any atom is -0.497 e. The van der Waals surface area contributed by atoms with Crippen LogP contribution in [-0.2, 0) is 14.6 Å². The molecule has 3 aromatic rings. The first-order valence-corrected chi connectivity index (χ1v) is 12.1. The van der Waals surface area contributed by atoms with E-state index in [-0.39, 0.29) is 34.9 Å². The Hall–Kier alpha value is -4.17. The first-order chi connectivity index (χ1) is 16.3. The molecule has 0 aliphatic carbocycles. The summed E-state index contributed by atoms with van der Waals surface area (Å²) in [6, 6.07) is 12.7. The number of nitriles is 1. The van der Waals surface area contributed by atoms with Gasteiger partial charge in [-0.25, -0.2) is 8.42 Å². The van der Waals surface area contributed by atoms with Crippen LogP contribution in [0.4, 0.5) is 0 Å². The molecule has 1 unspecified atom stereocenters. The fourth-order valence-electron chi connectivity index (χ4n) is 3.50. The second kappa shape index (κ2) is 9.36. The van der Waals surface area contributed by atoms with Gasteiger partial charge in [0.15, 0.2) is 9.84 Å². The third kappa shape index (κ3) is 4.92. The second-order valence-electron chi connectivity index (χ2n) is 7.59. The lowest BCUT2D eigenvalue weighted by molar-refractivity contribution is -0.117. The highest BCUT2D eigenvalue weighted by Gasteiger charge is 2.29. The van der Waals surface area contributed by atoms with Gasteiger partial charge in [-0.3, -0.25) is 14.0 Å². The van der Waals surface area contributed by atoms with Gasteiger partial charge in [-0.15, -0.1) is 0 Å². The molecular weight excluding hydrogens is 460 g/mol. The fraction of sp³-hybridized carbons (Fsp3) is 0.217. The molecule has 0 spiro atoms. The molecule has 0 radical (unpaired) electrons. The molecule has 10 nitrogen and oxygen atoms in total. The van der Waals surface area contributed by atoms with E-state index < -0.39 is 27.3 Å². The van der Waals surface area contributed by atoms with Crippen LogP contribution >= 0.6 is 0 Å². The van der Waals surface area contributed by atoms with Crippen molar-refractivity contribution in [3.8, 4) is 23.4 Å². The largest absolute Gasteiger partial charge is 0.497 e. The third-order valence-corrected chi connectivity index (χ3v) is 7.00. The highest BCUT2D eigenvalue weighted by atomic mass is 32.2. The Morgan fingerprint density at radius 3 is 2.62 bits per heavy atom. The van der Waals surface area contributed by atoms with E-state index in [1.807, 2.05) is 0 Å². The molecule has 3 heterocycles. The lowest BCUT2D eigenvalue weighted by Crippen LogP contribution is -2.36. The standard InChI is InChI=1S/C23H20N4O6S/c1-32-17-5-7-18(8-6-17)33-22-19(23(29)27-10-3-2-4-20(27)26-22)12-15(13-24)21(28)25-16-9-11-34(30,31)14-16/h2-8,10,12,16H,9,11,14H2,1H3,(H,25,28). The minimum absolute atomic E-state index is 0.0284. The highest BCUT2D eigenvalue weighted by molar-refractivity contribution is 7.91. The second-order valence-corrected chi connectivity index (χ2v) is 9.81. The van der Waals surface area contributed by atoms with Crippen LogP contribution in [0.3, 0.4) is 0 Å². The number of fused-ring (bicyclic) bond motifs is 1. The number of benzene rings is 1. The number of ether oxygens (including phenoxy) is 2. The van der Waals surface area contributed by atoms with Crippen molar-refractivity contribution in [3.05, 3.63) is 70.2 Å². The zero-order valence-corrected chi connectivity index (χ0v) is 18.9. The van der Waals surface area contributed by atoms with Gasteiger partial charge in [0, 0.05) is 12.2 Å². The van der Waals surface area contributed by atoms with Crippen LogP contribution < -0.4 is 20.3 Å². The molecule has 1 aromatic carbocycles. The Bertz CT molecular complexity index is 1490. The van der Waals surface area contributed by atoms with Crippen LogP contribution in [0.1, 0.15) is 12.0 Å². The van der Waals surface area contributed by atoms with Gasteiger partial charge in [-0.1, -0.05) is 6.07 Å². The Morgan fingerprint density at radius 2 is 1.97 bits per heavy atom. The van der Waals surface area contributed by atoms with E-state index in [4.69, 9.17) is 9.47 Å². The number of pyridine rings is 1. The number of nitrogens with one attached hydrogen (secondary N) is 1. The molecular formula is C23H20N4O6S. The maximum Gasteiger partial charge on any atom is 0.269 e. The van der Waals surface area contributed by atoms with Crippen molar-refractivity contribution in [1.29, 1.82) is 5.26 Å². The van der Waals surface area contributed by atoms with Gasteiger partial charge < -0.3 is 14.8 Å². The number of hydrogen-bond donors (Lipinski definition) is 1. The Labute approximate surface area is 195 Å². The first kappa shape index (κ1) is 23.0. The summed E-state index contributed by atoms with van der Waals surface area (Å²) in [5.41, 5.74) is -0.714. The number of rotatable bonds is 6. The van der Waals surface area contributed by atoms with Gasteiger partial charge in [0.2, 0.25) is 5.88 Å². The summed E-state index contributed by atoms with van der Waals surface area (Å²) in [5, 5.41) is 12.1. The summed E-state index contributed by atoms with van der Waals surface area (Å²) < 4.78 is 35.6. The van der Waals surface area contributed by atoms with Crippen molar-refractivity contribution in [3.63, 3.8) is 0 Å². The summed E-state index contributed by atoms with van der Waals surface area (Å²) in [5.74, 6) is -0.121. The zero-order chi connectivity index (χ0) is 24.3. The van der Waals surface area contributed by atoms with Crippen molar-refractivity contribution in [2.45, 2.75) is 12.5 Å². The van der Waals surface area contributed by atoms with Crippen molar-refractivity contribution in [2.75, 3.05) is 18.6 Å². The molecule has 0 saturated carbocycles.